The van der Waals surface area contributed by atoms with Gasteiger partial charge in [0.25, 0.3) is 0 Å². The van der Waals surface area contributed by atoms with Crippen LogP contribution in [0.25, 0.3) is 5.70 Å². The van der Waals surface area contributed by atoms with Crippen molar-refractivity contribution in [3.8, 4) is 0 Å². The molecule has 3 unspecified atom stereocenters. The lowest BCUT2D eigenvalue weighted by Gasteiger charge is -2.36. The first-order valence-corrected chi connectivity index (χ1v) is 10.4. The molecule has 1 aliphatic rings. The lowest BCUT2D eigenvalue weighted by molar-refractivity contribution is 0.179. The molecular formula is C24H36N2O2. The van der Waals surface area contributed by atoms with Gasteiger partial charge in [-0.15, -0.1) is 0 Å². The Bertz CT molecular complexity index is 711. The molecule has 4 atom stereocenters. The fraction of sp³-hybridized carbons (Fsp3) is 0.542. The molecular weight excluding hydrogens is 348 g/mol. The molecule has 0 saturated heterocycles. The Morgan fingerprint density at radius 2 is 2.14 bits per heavy atom. The van der Waals surface area contributed by atoms with E-state index in [0.29, 0.717) is 18.6 Å². The number of hydrogen-bond donors (Lipinski definition) is 2. The van der Waals surface area contributed by atoms with Crippen molar-refractivity contribution in [3.05, 3.63) is 53.8 Å². The Labute approximate surface area is 170 Å². The van der Waals surface area contributed by atoms with Gasteiger partial charge in [-0.2, -0.15) is 0 Å². The van der Waals surface area contributed by atoms with E-state index in [1.165, 1.54) is 24.8 Å². The SMILES string of the molecule is C=C1NC(C(=C)O)C(CCOC)c2ccc(C=N[C@@H](C)C(C)CCCC)cc21. The van der Waals surface area contributed by atoms with Crippen molar-refractivity contribution in [2.24, 2.45) is 10.9 Å². The van der Waals surface area contributed by atoms with E-state index in [1.54, 1.807) is 7.11 Å². The molecule has 28 heavy (non-hydrogen) atoms. The zero-order chi connectivity index (χ0) is 20.7. The van der Waals surface area contributed by atoms with Crippen molar-refractivity contribution in [3.63, 3.8) is 0 Å². The first-order chi connectivity index (χ1) is 13.4. The Balaban J connectivity index is 2.23. The van der Waals surface area contributed by atoms with Crippen LogP contribution >= 0.6 is 0 Å². The van der Waals surface area contributed by atoms with E-state index < -0.39 is 0 Å². The molecule has 0 spiro atoms. The van der Waals surface area contributed by atoms with Crippen LogP contribution < -0.4 is 5.32 Å². The highest BCUT2D eigenvalue weighted by Crippen LogP contribution is 2.37. The van der Waals surface area contributed by atoms with Crippen molar-refractivity contribution in [1.82, 2.24) is 5.32 Å². The Morgan fingerprint density at radius 3 is 2.79 bits per heavy atom. The molecule has 0 bridgehead atoms. The minimum absolute atomic E-state index is 0.0944. The highest BCUT2D eigenvalue weighted by atomic mass is 16.5. The Hall–Kier alpha value is -2.07. The number of aliphatic imine (C=N–C) groups is 1. The lowest BCUT2D eigenvalue weighted by atomic mass is 9.80. The summed E-state index contributed by atoms with van der Waals surface area (Å²) in [6, 6.07) is 6.42. The summed E-state index contributed by atoms with van der Waals surface area (Å²) < 4.78 is 5.27. The minimum Gasteiger partial charge on any atom is -0.511 e. The predicted molar refractivity (Wildman–Crippen MR) is 119 cm³/mol. The quantitative estimate of drug-likeness (QED) is 0.416. The van der Waals surface area contributed by atoms with Gasteiger partial charge in [0.2, 0.25) is 0 Å². The highest BCUT2D eigenvalue weighted by molar-refractivity contribution is 5.83. The second-order valence-electron chi connectivity index (χ2n) is 7.96. The van der Waals surface area contributed by atoms with E-state index in [9.17, 15) is 5.11 Å². The van der Waals surface area contributed by atoms with Gasteiger partial charge < -0.3 is 15.2 Å². The van der Waals surface area contributed by atoms with Gasteiger partial charge in [0, 0.05) is 43.2 Å². The number of hydrogen-bond acceptors (Lipinski definition) is 4. The van der Waals surface area contributed by atoms with E-state index in [1.807, 2.05) is 6.21 Å². The van der Waals surface area contributed by atoms with Crippen LogP contribution in [0.3, 0.4) is 0 Å². The molecule has 1 aromatic carbocycles. The normalized spacial score (nSPS) is 21.2. The van der Waals surface area contributed by atoms with Crippen molar-refractivity contribution >= 4 is 11.9 Å². The predicted octanol–water partition coefficient (Wildman–Crippen LogP) is 5.45. The molecule has 1 aliphatic heterocycles. The maximum atomic E-state index is 10.0. The monoisotopic (exact) mass is 384 g/mol. The lowest BCUT2D eigenvalue weighted by Crippen LogP contribution is -2.40. The summed E-state index contributed by atoms with van der Waals surface area (Å²) in [5, 5.41) is 13.4. The number of aliphatic hydroxyl groups is 1. The average Bonchev–Trinajstić information content (AvgIpc) is 2.69. The average molecular weight is 385 g/mol. The molecule has 4 heteroatoms. The smallest absolute Gasteiger partial charge is 0.108 e. The summed E-state index contributed by atoms with van der Waals surface area (Å²) in [5.41, 5.74) is 4.13. The molecule has 0 aliphatic carbocycles. The van der Waals surface area contributed by atoms with Gasteiger partial charge in [-0.1, -0.05) is 52.0 Å². The topological polar surface area (TPSA) is 53.8 Å². The fourth-order valence-electron chi connectivity index (χ4n) is 3.78. The van der Waals surface area contributed by atoms with Crippen LogP contribution in [0, 0.1) is 5.92 Å². The Morgan fingerprint density at radius 1 is 1.39 bits per heavy atom. The number of methoxy groups -OCH3 is 1. The van der Waals surface area contributed by atoms with Crippen molar-refractivity contribution in [1.29, 1.82) is 0 Å². The van der Waals surface area contributed by atoms with E-state index in [-0.39, 0.29) is 17.7 Å². The molecule has 0 aromatic heterocycles. The maximum absolute atomic E-state index is 10.0. The van der Waals surface area contributed by atoms with Crippen molar-refractivity contribution < 1.29 is 9.84 Å². The maximum Gasteiger partial charge on any atom is 0.108 e. The first-order valence-electron chi connectivity index (χ1n) is 10.4. The summed E-state index contributed by atoms with van der Waals surface area (Å²) >= 11 is 0. The highest BCUT2D eigenvalue weighted by Gasteiger charge is 2.32. The number of aliphatic hydroxyl groups excluding tert-OH is 1. The third kappa shape index (κ3) is 5.48. The first kappa shape index (κ1) is 22.2. The third-order valence-electron chi connectivity index (χ3n) is 5.82. The Kier molecular flexibility index (Phi) is 8.31. The molecule has 2 N–H and O–H groups in total. The van der Waals surface area contributed by atoms with Gasteiger partial charge >= 0.3 is 0 Å². The molecule has 0 radical (unpaired) electrons. The molecule has 0 saturated carbocycles. The van der Waals surface area contributed by atoms with E-state index in [0.717, 1.165) is 23.2 Å². The van der Waals surface area contributed by atoms with Crippen LogP contribution in [0.2, 0.25) is 0 Å². The number of unbranched alkanes of at least 4 members (excludes halogenated alkanes) is 1. The number of rotatable bonds is 10. The second kappa shape index (κ2) is 10.5. The summed E-state index contributed by atoms with van der Waals surface area (Å²) in [7, 11) is 1.70. The summed E-state index contributed by atoms with van der Waals surface area (Å²) in [4.78, 5) is 4.78. The van der Waals surface area contributed by atoms with Crippen LogP contribution in [-0.2, 0) is 4.74 Å². The summed E-state index contributed by atoms with van der Waals surface area (Å²) in [6.45, 7) is 15.2. The number of fused-ring (bicyclic) bond motifs is 1. The summed E-state index contributed by atoms with van der Waals surface area (Å²) in [6.07, 6.45) is 6.47. The number of ether oxygens (including phenoxy) is 1. The number of benzene rings is 1. The molecule has 1 heterocycles. The zero-order valence-electron chi connectivity index (χ0n) is 17.9. The standard InChI is InChI=1S/C24H36N2O2/c1-7-8-9-16(2)17(3)25-15-20-10-11-21-22(12-13-28-6)24(19(5)27)26-18(4)23(21)14-20/h10-11,14-17,22,24,26-27H,4-5,7-9,12-13H2,1-3,6H3/t16?,17-,22?,24?/m0/s1. The number of nitrogens with zero attached hydrogens (tertiary/aromatic N) is 1. The largest absolute Gasteiger partial charge is 0.511 e. The van der Waals surface area contributed by atoms with Gasteiger partial charge in [-0.05, 0) is 42.9 Å². The van der Waals surface area contributed by atoms with Gasteiger partial charge in [0.05, 0.1) is 6.04 Å². The van der Waals surface area contributed by atoms with E-state index >= 15 is 0 Å². The zero-order valence-corrected chi connectivity index (χ0v) is 17.9. The third-order valence-corrected chi connectivity index (χ3v) is 5.82. The molecule has 154 valence electrons. The van der Waals surface area contributed by atoms with Crippen LogP contribution in [0.5, 0.6) is 0 Å². The molecule has 2 rings (SSSR count). The van der Waals surface area contributed by atoms with Crippen LogP contribution in [0.4, 0.5) is 0 Å². The van der Waals surface area contributed by atoms with Crippen molar-refractivity contribution in [2.75, 3.05) is 13.7 Å². The van der Waals surface area contributed by atoms with E-state index in [2.05, 4.69) is 57.4 Å². The van der Waals surface area contributed by atoms with Crippen molar-refractivity contribution in [2.45, 2.75) is 64.5 Å². The molecule has 0 fully saturated rings. The number of nitrogens with one attached hydrogen (secondary N) is 1. The van der Waals surface area contributed by atoms with Gasteiger partial charge in [0.1, 0.15) is 5.76 Å². The van der Waals surface area contributed by atoms with Gasteiger partial charge in [-0.3, -0.25) is 4.99 Å². The molecule has 1 aromatic rings. The van der Waals surface area contributed by atoms with Crippen LogP contribution in [0.15, 0.2) is 42.1 Å². The minimum atomic E-state index is -0.242. The fourth-order valence-corrected chi connectivity index (χ4v) is 3.78. The van der Waals surface area contributed by atoms with Gasteiger partial charge in [-0.25, -0.2) is 0 Å². The van der Waals surface area contributed by atoms with Crippen LogP contribution in [0.1, 0.15) is 69.1 Å². The van der Waals surface area contributed by atoms with E-state index in [4.69, 9.17) is 9.73 Å². The molecule has 4 nitrogen and oxygen atoms in total. The summed E-state index contributed by atoms with van der Waals surface area (Å²) in [5.74, 6) is 0.811. The molecule has 0 amide bonds. The van der Waals surface area contributed by atoms with Crippen LogP contribution in [-0.4, -0.2) is 37.1 Å². The van der Waals surface area contributed by atoms with Gasteiger partial charge in [0.15, 0.2) is 0 Å². The second-order valence-corrected chi connectivity index (χ2v) is 7.96.